The van der Waals surface area contributed by atoms with Crippen molar-refractivity contribution in [3.63, 3.8) is 0 Å². The van der Waals surface area contributed by atoms with E-state index in [1.54, 1.807) is 11.6 Å². The van der Waals surface area contributed by atoms with E-state index in [0.717, 1.165) is 4.31 Å². The van der Waals surface area contributed by atoms with Crippen LogP contribution < -0.4 is 0 Å². The fourth-order valence-electron chi connectivity index (χ4n) is 1.79. The van der Waals surface area contributed by atoms with Gasteiger partial charge in [-0.05, 0) is 0 Å². The number of imidazole rings is 1. The minimum Gasteiger partial charge on any atom is -0.279 e. The monoisotopic (exact) mass is 343 g/mol. The molecular formula is C11H10ClN5O2S2. The Bertz CT molecular complexity index is 809. The van der Waals surface area contributed by atoms with Crippen LogP contribution in [0, 0.1) is 22.7 Å². The number of halogens is 1. The first-order valence-electron chi connectivity index (χ1n) is 5.87. The molecule has 0 aliphatic carbocycles. The molecule has 0 N–H and O–H groups in total. The molecule has 0 bridgehead atoms. The third-order valence-electron chi connectivity index (χ3n) is 2.71. The molecule has 0 amide bonds. The molecule has 10 heteroatoms. The van der Waals surface area contributed by atoms with Crippen molar-refractivity contribution in [2.75, 3.05) is 13.1 Å². The zero-order valence-electron chi connectivity index (χ0n) is 10.7. The number of aromatic nitrogens is 2. The first-order chi connectivity index (χ1) is 10.0. The first kappa shape index (κ1) is 15.7. The summed E-state index contributed by atoms with van der Waals surface area (Å²) in [5.41, 5.74) is 0. The summed E-state index contributed by atoms with van der Waals surface area (Å²) < 4.78 is 27.9. The first-order valence-corrected chi connectivity index (χ1v) is 8.57. The van der Waals surface area contributed by atoms with E-state index in [4.69, 9.17) is 22.1 Å². The molecule has 0 saturated carbocycles. The molecule has 0 radical (unpaired) electrons. The van der Waals surface area contributed by atoms with Crippen molar-refractivity contribution in [1.29, 1.82) is 10.5 Å². The van der Waals surface area contributed by atoms with Crippen molar-refractivity contribution in [1.82, 2.24) is 13.7 Å². The van der Waals surface area contributed by atoms with Gasteiger partial charge >= 0.3 is 0 Å². The second-order valence-corrected chi connectivity index (χ2v) is 7.07. The highest BCUT2D eigenvalue weighted by Crippen LogP contribution is 2.28. The van der Waals surface area contributed by atoms with Crippen LogP contribution in [0.25, 0.3) is 4.96 Å². The van der Waals surface area contributed by atoms with Gasteiger partial charge in [-0.2, -0.15) is 14.8 Å². The number of sulfonamides is 1. The Morgan fingerprint density at radius 2 is 1.95 bits per heavy atom. The number of nitrogens with zero attached hydrogens (tertiary/aromatic N) is 5. The lowest BCUT2D eigenvalue weighted by molar-refractivity contribution is 0.422. The van der Waals surface area contributed by atoms with Gasteiger partial charge in [0.25, 0.3) is 10.0 Å². The van der Waals surface area contributed by atoms with Gasteiger partial charge < -0.3 is 0 Å². The van der Waals surface area contributed by atoms with Gasteiger partial charge in [-0.25, -0.2) is 13.4 Å². The van der Waals surface area contributed by atoms with Gasteiger partial charge in [0.15, 0.2) is 15.1 Å². The third-order valence-corrected chi connectivity index (χ3v) is 5.76. The van der Waals surface area contributed by atoms with Gasteiger partial charge in [0.1, 0.15) is 0 Å². The minimum atomic E-state index is -3.92. The van der Waals surface area contributed by atoms with Gasteiger partial charge in [0, 0.05) is 37.5 Å². The van der Waals surface area contributed by atoms with E-state index in [2.05, 4.69) is 4.98 Å². The number of fused-ring (bicyclic) bond motifs is 1. The lowest BCUT2D eigenvalue weighted by Crippen LogP contribution is -2.33. The molecular weight excluding hydrogens is 334 g/mol. The molecule has 0 unspecified atom stereocenters. The summed E-state index contributed by atoms with van der Waals surface area (Å²) in [5, 5.41) is 18.8. The van der Waals surface area contributed by atoms with Crippen LogP contribution in [0.2, 0.25) is 5.15 Å². The molecule has 0 aromatic carbocycles. The average molecular weight is 344 g/mol. The summed E-state index contributed by atoms with van der Waals surface area (Å²) in [4.78, 5) is 4.46. The number of hydrogen-bond donors (Lipinski definition) is 0. The maximum absolute atomic E-state index is 12.7. The Labute approximate surface area is 130 Å². The standard InChI is InChI=1S/C11H10ClN5O2S2/c12-9-10(17-7-8-20-11(17)15-9)21(18,19)16(5-1-3-13)6-2-4-14/h7-8H,1-2,5-6H2. The Morgan fingerprint density at radius 1 is 1.33 bits per heavy atom. The predicted molar refractivity (Wildman–Crippen MR) is 77.3 cm³/mol. The molecule has 2 aromatic heterocycles. The molecule has 110 valence electrons. The second-order valence-electron chi connectivity index (χ2n) is 3.98. The summed E-state index contributed by atoms with van der Waals surface area (Å²) in [6.07, 6.45) is 1.64. The average Bonchev–Trinajstić information content (AvgIpc) is 2.97. The van der Waals surface area contributed by atoms with Crippen molar-refractivity contribution < 1.29 is 8.42 Å². The molecule has 2 rings (SSSR count). The summed E-state index contributed by atoms with van der Waals surface area (Å²) in [6.45, 7) is 0.0163. The third kappa shape index (κ3) is 3.01. The Balaban J connectivity index is 2.46. The maximum Gasteiger partial charge on any atom is 0.262 e. The van der Waals surface area contributed by atoms with Crippen LogP contribution in [-0.4, -0.2) is 35.2 Å². The summed E-state index contributed by atoms with van der Waals surface area (Å²) in [6, 6.07) is 3.79. The highest BCUT2D eigenvalue weighted by Gasteiger charge is 2.31. The van der Waals surface area contributed by atoms with E-state index >= 15 is 0 Å². The highest BCUT2D eigenvalue weighted by atomic mass is 35.5. The van der Waals surface area contributed by atoms with Crippen LogP contribution in [0.4, 0.5) is 0 Å². The van der Waals surface area contributed by atoms with E-state index < -0.39 is 10.0 Å². The topological polar surface area (TPSA) is 102 Å². The van der Waals surface area contributed by atoms with Gasteiger partial charge in [0.05, 0.1) is 12.1 Å². The Kier molecular flexibility index (Phi) is 4.80. The van der Waals surface area contributed by atoms with Gasteiger partial charge in [-0.1, -0.05) is 11.6 Å². The van der Waals surface area contributed by atoms with Crippen LogP contribution in [-0.2, 0) is 10.0 Å². The zero-order chi connectivity index (χ0) is 15.5. The van der Waals surface area contributed by atoms with E-state index in [0.29, 0.717) is 4.96 Å². The van der Waals surface area contributed by atoms with Crippen LogP contribution in [0.15, 0.2) is 16.6 Å². The van der Waals surface area contributed by atoms with E-state index in [1.165, 1.54) is 15.7 Å². The van der Waals surface area contributed by atoms with Crippen molar-refractivity contribution >= 4 is 37.9 Å². The SMILES string of the molecule is N#CCCN(CCC#N)S(=O)(=O)c1c(Cl)nc2sccn12. The fourth-order valence-corrected chi connectivity index (χ4v) is 4.64. The molecule has 21 heavy (non-hydrogen) atoms. The van der Waals surface area contributed by atoms with Crippen molar-refractivity contribution in [3.8, 4) is 12.1 Å². The van der Waals surface area contributed by atoms with E-state index in [-0.39, 0.29) is 36.1 Å². The number of nitriles is 2. The van der Waals surface area contributed by atoms with E-state index in [9.17, 15) is 8.42 Å². The zero-order valence-corrected chi connectivity index (χ0v) is 13.1. The van der Waals surface area contributed by atoms with Crippen LogP contribution >= 0.6 is 22.9 Å². The van der Waals surface area contributed by atoms with Crippen LogP contribution in [0.3, 0.4) is 0 Å². The highest BCUT2D eigenvalue weighted by molar-refractivity contribution is 7.89. The Morgan fingerprint density at radius 3 is 2.52 bits per heavy atom. The summed E-state index contributed by atoms with van der Waals surface area (Å²) >= 11 is 7.21. The fraction of sp³-hybridized carbons (Fsp3) is 0.364. The van der Waals surface area contributed by atoms with Gasteiger partial charge in [-0.15, -0.1) is 11.3 Å². The smallest absolute Gasteiger partial charge is 0.262 e. The number of rotatable bonds is 6. The largest absolute Gasteiger partial charge is 0.279 e. The Hall–Kier alpha value is -1.65. The number of hydrogen-bond acceptors (Lipinski definition) is 6. The molecule has 7 nitrogen and oxygen atoms in total. The lowest BCUT2D eigenvalue weighted by Gasteiger charge is -2.19. The minimum absolute atomic E-state index is 0.00815. The molecule has 0 aliphatic heterocycles. The predicted octanol–water partition coefficient (Wildman–Crippen LogP) is 1.87. The van der Waals surface area contributed by atoms with Crippen molar-refractivity contribution in [3.05, 3.63) is 16.7 Å². The second kappa shape index (κ2) is 6.41. The normalized spacial score (nSPS) is 11.6. The molecule has 0 atom stereocenters. The molecule has 2 aromatic rings. The van der Waals surface area contributed by atoms with Gasteiger partial charge in [-0.3, -0.25) is 4.40 Å². The van der Waals surface area contributed by atoms with Crippen LogP contribution in [0.1, 0.15) is 12.8 Å². The molecule has 0 spiro atoms. The summed E-state index contributed by atoms with van der Waals surface area (Å²) in [5.74, 6) is 0. The van der Waals surface area contributed by atoms with Crippen LogP contribution in [0.5, 0.6) is 0 Å². The lowest BCUT2D eigenvalue weighted by atomic mass is 10.4. The number of thiazole rings is 1. The van der Waals surface area contributed by atoms with E-state index in [1.807, 2.05) is 12.1 Å². The quantitative estimate of drug-likeness (QED) is 0.796. The maximum atomic E-state index is 12.7. The van der Waals surface area contributed by atoms with Crippen molar-refractivity contribution in [2.45, 2.75) is 17.9 Å². The van der Waals surface area contributed by atoms with Crippen molar-refractivity contribution in [2.24, 2.45) is 0 Å². The molecule has 2 heterocycles. The summed E-state index contributed by atoms with van der Waals surface area (Å²) in [7, 11) is -3.92. The molecule has 0 fully saturated rings. The van der Waals surface area contributed by atoms with Gasteiger partial charge in [0.2, 0.25) is 0 Å². The molecule has 0 aliphatic rings. The molecule has 0 saturated heterocycles.